The molecule has 1 heterocycles. The number of anilines is 1. The lowest BCUT2D eigenvalue weighted by molar-refractivity contribution is -0.712. The molecule has 0 aliphatic carbocycles. The maximum atomic E-state index is 5.46. The maximum Gasteiger partial charge on any atom is 0.353 e. The summed E-state index contributed by atoms with van der Waals surface area (Å²) in [6.45, 7) is 1.93. The molecule has 0 fully saturated rings. The first-order valence-corrected chi connectivity index (χ1v) is 3.11. The number of nitrogens with two attached hydrogens (primary N) is 1. The van der Waals surface area contributed by atoms with E-state index in [-0.39, 0.29) is 12.4 Å². The van der Waals surface area contributed by atoms with E-state index in [0.717, 1.165) is 10.1 Å². The topological polar surface area (TPSA) is 42.8 Å². The van der Waals surface area contributed by atoms with E-state index in [1.165, 1.54) is 11.3 Å². The molecule has 1 aromatic heterocycles. The number of nitrogen functional groups attached to an aromatic ring is 1. The van der Waals surface area contributed by atoms with Crippen molar-refractivity contribution in [2.45, 2.75) is 6.92 Å². The molecule has 0 saturated carbocycles. The van der Waals surface area contributed by atoms with Crippen molar-refractivity contribution in [1.82, 2.24) is 5.10 Å². The predicted octanol–water partition coefficient (Wildman–Crippen LogP) is -3.14. The van der Waals surface area contributed by atoms with E-state index in [1.54, 1.807) is 4.68 Å². The molecular weight excluding hydrogens is 158 g/mol. The quantitative estimate of drug-likeness (QED) is 0.413. The molecule has 0 aromatic carbocycles. The van der Waals surface area contributed by atoms with Gasteiger partial charge >= 0.3 is 5.13 Å². The van der Waals surface area contributed by atoms with Gasteiger partial charge in [-0.3, -0.25) is 5.73 Å². The van der Waals surface area contributed by atoms with E-state index in [0.29, 0.717) is 0 Å². The van der Waals surface area contributed by atoms with Gasteiger partial charge in [0.1, 0.15) is 12.1 Å². The molecular formula is C4H8ClN3S. The van der Waals surface area contributed by atoms with Crippen LogP contribution >= 0.6 is 11.3 Å². The second kappa shape index (κ2) is 2.98. The molecule has 0 saturated heterocycles. The van der Waals surface area contributed by atoms with Gasteiger partial charge in [0.15, 0.2) is 0 Å². The molecule has 1 rings (SSSR count). The normalized spacial score (nSPS) is 8.67. The highest BCUT2D eigenvalue weighted by Gasteiger charge is 2.03. The number of rotatable bonds is 0. The summed E-state index contributed by atoms with van der Waals surface area (Å²) >= 11 is 1.50. The average Bonchev–Trinajstić information content (AvgIpc) is 1.85. The van der Waals surface area contributed by atoms with Crippen LogP contribution in [-0.2, 0) is 7.05 Å². The summed E-state index contributed by atoms with van der Waals surface area (Å²) in [6.07, 6.45) is 0. The number of halogens is 1. The summed E-state index contributed by atoms with van der Waals surface area (Å²) in [5, 5.41) is 5.78. The highest BCUT2D eigenvalue weighted by Crippen LogP contribution is 2.05. The van der Waals surface area contributed by atoms with Gasteiger partial charge in [0, 0.05) is 0 Å². The highest BCUT2D eigenvalue weighted by atomic mass is 35.5. The van der Waals surface area contributed by atoms with Gasteiger partial charge in [0.05, 0.1) is 0 Å². The van der Waals surface area contributed by atoms with Crippen LogP contribution in [0, 0.1) is 6.92 Å². The smallest absolute Gasteiger partial charge is 0.353 e. The van der Waals surface area contributed by atoms with Gasteiger partial charge < -0.3 is 12.4 Å². The van der Waals surface area contributed by atoms with Gasteiger partial charge in [0.2, 0.25) is 0 Å². The van der Waals surface area contributed by atoms with Crippen molar-refractivity contribution in [1.29, 1.82) is 0 Å². The third-order valence-electron chi connectivity index (χ3n) is 0.862. The molecule has 0 atom stereocenters. The number of aromatic nitrogens is 2. The van der Waals surface area contributed by atoms with Crippen molar-refractivity contribution in [2.75, 3.05) is 5.73 Å². The number of hydrogen-bond donors (Lipinski definition) is 1. The van der Waals surface area contributed by atoms with Crippen LogP contribution in [-0.4, -0.2) is 5.10 Å². The van der Waals surface area contributed by atoms with E-state index in [4.69, 9.17) is 5.73 Å². The number of aryl methyl sites for hydroxylation is 2. The summed E-state index contributed by atoms with van der Waals surface area (Å²) < 4.78 is 1.67. The van der Waals surface area contributed by atoms with Crippen molar-refractivity contribution < 1.29 is 17.1 Å². The highest BCUT2D eigenvalue weighted by molar-refractivity contribution is 7.14. The Kier molecular flexibility index (Phi) is 2.87. The summed E-state index contributed by atoms with van der Waals surface area (Å²) in [5.41, 5.74) is 5.46. The second-order valence-corrected chi connectivity index (χ2v) is 2.80. The molecule has 0 spiro atoms. The lowest BCUT2D eigenvalue weighted by Crippen LogP contribution is -3.00. The maximum absolute atomic E-state index is 5.46. The Morgan fingerprint density at radius 2 is 2.22 bits per heavy atom. The van der Waals surface area contributed by atoms with Crippen LogP contribution in [0.1, 0.15) is 5.01 Å². The molecule has 0 aliphatic heterocycles. The van der Waals surface area contributed by atoms with Crippen LogP contribution in [0.3, 0.4) is 0 Å². The third kappa shape index (κ3) is 1.80. The van der Waals surface area contributed by atoms with Crippen molar-refractivity contribution >= 4 is 16.5 Å². The van der Waals surface area contributed by atoms with Crippen molar-refractivity contribution in [3.8, 4) is 0 Å². The molecule has 0 radical (unpaired) electrons. The fourth-order valence-electron chi connectivity index (χ4n) is 0.498. The minimum Gasteiger partial charge on any atom is -1.00 e. The summed E-state index contributed by atoms with van der Waals surface area (Å²) in [4.78, 5) is 0. The largest absolute Gasteiger partial charge is 1.00 e. The Balaban J connectivity index is 0.000000640. The van der Waals surface area contributed by atoms with Crippen LogP contribution in [0.25, 0.3) is 0 Å². The van der Waals surface area contributed by atoms with Crippen LogP contribution < -0.4 is 22.8 Å². The molecule has 0 amide bonds. The van der Waals surface area contributed by atoms with Gasteiger partial charge in [-0.25, -0.2) is 0 Å². The molecule has 0 bridgehead atoms. The molecule has 0 aliphatic rings. The Labute approximate surface area is 63.9 Å². The van der Waals surface area contributed by atoms with Crippen LogP contribution in [0.2, 0.25) is 0 Å². The molecule has 0 unspecified atom stereocenters. The fourth-order valence-corrected chi connectivity index (χ4v) is 1.14. The van der Waals surface area contributed by atoms with Gasteiger partial charge in [-0.15, -0.1) is 4.68 Å². The monoisotopic (exact) mass is 165 g/mol. The SMILES string of the molecule is Cc1n[n+](C)c(N)s1.[Cl-]. The zero-order chi connectivity index (χ0) is 6.15. The fraction of sp³-hybridized carbons (Fsp3) is 0.500. The zero-order valence-electron chi connectivity index (χ0n) is 5.26. The minimum atomic E-state index is 0. The summed E-state index contributed by atoms with van der Waals surface area (Å²) in [5.74, 6) is 0. The summed E-state index contributed by atoms with van der Waals surface area (Å²) in [7, 11) is 1.83. The van der Waals surface area contributed by atoms with Crippen LogP contribution in [0.5, 0.6) is 0 Å². The Morgan fingerprint density at radius 1 is 1.67 bits per heavy atom. The standard InChI is InChI=1S/C4H7N3S.ClH/c1-3-6-7(2)4(5)8-3;/h5H,1-2H3;1H. The van der Waals surface area contributed by atoms with Gasteiger partial charge in [0.25, 0.3) is 0 Å². The first kappa shape index (κ1) is 8.65. The molecule has 2 N–H and O–H groups in total. The average molecular weight is 166 g/mol. The molecule has 52 valence electrons. The summed E-state index contributed by atoms with van der Waals surface area (Å²) in [6, 6.07) is 0. The molecule has 5 heteroatoms. The van der Waals surface area contributed by atoms with E-state index < -0.39 is 0 Å². The van der Waals surface area contributed by atoms with E-state index in [9.17, 15) is 0 Å². The second-order valence-electron chi connectivity index (χ2n) is 1.58. The molecule has 3 nitrogen and oxygen atoms in total. The third-order valence-corrected chi connectivity index (χ3v) is 1.71. The van der Waals surface area contributed by atoms with Crippen LogP contribution in [0.15, 0.2) is 0 Å². The first-order valence-electron chi connectivity index (χ1n) is 2.29. The number of hydrogen-bond acceptors (Lipinski definition) is 3. The van der Waals surface area contributed by atoms with E-state index in [1.807, 2.05) is 14.0 Å². The Morgan fingerprint density at radius 3 is 2.33 bits per heavy atom. The number of nitrogens with zero attached hydrogens (tertiary/aromatic N) is 2. The first-order chi connectivity index (χ1) is 3.70. The van der Waals surface area contributed by atoms with Crippen molar-refractivity contribution in [3.63, 3.8) is 0 Å². The van der Waals surface area contributed by atoms with E-state index >= 15 is 0 Å². The Hall–Kier alpha value is -0.350. The Bertz CT molecular complexity index is 178. The lowest BCUT2D eigenvalue weighted by atomic mass is 10.9. The lowest BCUT2D eigenvalue weighted by Gasteiger charge is -1.74. The van der Waals surface area contributed by atoms with Gasteiger partial charge in [-0.05, 0) is 18.3 Å². The van der Waals surface area contributed by atoms with E-state index in [2.05, 4.69) is 5.10 Å². The van der Waals surface area contributed by atoms with Gasteiger partial charge in [-0.1, -0.05) is 5.10 Å². The van der Waals surface area contributed by atoms with Crippen molar-refractivity contribution in [3.05, 3.63) is 5.01 Å². The van der Waals surface area contributed by atoms with Crippen molar-refractivity contribution in [2.24, 2.45) is 7.05 Å². The van der Waals surface area contributed by atoms with Gasteiger partial charge in [-0.2, -0.15) is 0 Å². The molecule has 9 heavy (non-hydrogen) atoms. The molecule has 1 aromatic rings. The predicted molar refractivity (Wildman–Crippen MR) is 32.4 cm³/mol. The zero-order valence-corrected chi connectivity index (χ0v) is 6.83. The minimum absolute atomic E-state index is 0. The van der Waals surface area contributed by atoms with Crippen LogP contribution in [0.4, 0.5) is 5.13 Å².